The summed E-state index contributed by atoms with van der Waals surface area (Å²) in [5.41, 5.74) is 0.843. The molecular formula is C21H28N2O5S2. The summed E-state index contributed by atoms with van der Waals surface area (Å²) < 4.78 is 38.5. The molecule has 2 aromatic rings. The first-order chi connectivity index (χ1) is 14.4. The standard InChI is InChI=1S/C21H28N2O5S2/c1-4-27-17-9-8-16(14-18(17)28-5-2)15(3)22-21(24)20-19(10-13-29-20)30(25,26)23-11-6-7-12-23/h8-10,13-15H,4-7,11-12H2,1-3H3,(H,22,24). The summed E-state index contributed by atoms with van der Waals surface area (Å²) in [5, 5.41) is 4.56. The number of nitrogens with one attached hydrogen (secondary N) is 1. The van der Waals surface area contributed by atoms with Crippen molar-refractivity contribution in [2.75, 3.05) is 26.3 Å². The van der Waals surface area contributed by atoms with Gasteiger partial charge in [0.15, 0.2) is 11.5 Å². The highest BCUT2D eigenvalue weighted by Crippen LogP contribution is 2.32. The monoisotopic (exact) mass is 452 g/mol. The van der Waals surface area contributed by atoms with Gasteiger partial charge in [-0.3, -0.25) is 4.79 Å². The van der Waals surface area contributed by atoms with E-state index in [9.17, 15) is 13.2 Å². The third kappa shape index (κ3) is 4.79. The second kappa shape index (κ2) is 9.80. The van der Waals surface area contributed by atoms with E-state index in [2.05, 4.69) is 5.32 Å². The van der Waals surface area contributed by atoms with Crippen molar-refractivity contribution < 1.29 is 22.7 Å². The maximum absolute atomic E-state index is 12.9. The molecule has 1 saturated heterocycles. The lowest BCUT2D eigenvalue weighted by Crippen LogP contribution is -2.31. The van der Waals surface area contributed by atoms with Crippen LogP contribution in [0.4, 0.5) is 0 Å². The van der Waals surface area contributed by atoms with Gasteiger partial charge in [0.2, 0.25) is 10.0 Å². The van der Waals surface area contributed by atoms with Crippen LogP contribution in [0, 0.1) is 0 Å². The summed E-state index contributed by atoms with van der Waals surface area (Å²) in [4.78, 5) is 13.2. The first-order valence-corrected chi connectivity index (χ1v) is 12.5. The molecule has 0 saturated carbocycles. The number of rotatable bonds is 9. The molecule has 1 N–H and O–H groups in total. The van der Waals surface area contributed by atoms with Gasteiger partial charge in [0.25, 0.3) is 5.91 Å². The van der Waals surface area contributed by atoms with Crippen molar-refractivity contribution in [3.63, 3.8) is 0 Å². The largest absolute Gasteiger partial charge is 0.490 e. The van der Waals surface area contributed by atoms with E-state index in [1.807, 2.05) is 39.0 Å². The van der Waals surface area contributed by atoms with Crippen LogP contribution in [0.5, 0.6) is 11.5 Å². The molecular weight excluding hydrogens is 424 g/mol. The zero-order valence-electron chi connectivity index (χ0n) is 17.5. The number of thiophene rings is 1. The SMILES string of the molecule is CCOc1ccc(C(C)NC(=O)c2sccc2S(=O)(=O)N2CCCC2)cc1OCC. The van der Waals surface area contributed by atoms with E-state index in [1.54, 1.807) is 5.38 Å². The molecule has 2 heterocycles. The van der Waals surface area contributed by atoms with Crippen LogP contribution in [0.25, 0.3) is 0 Å². The molecule has 1 atom stereocenters. The summed E-state index contributed by atoms with van der Waals surface area (Å²) in [6.07, 6.45) is 1.70. The third-order valence-electron chi connectivity index (χ3n) is 4.93. The molecule has 1 aliphatic rings. The van der Waals surface area contributed by atoms with Gasteiger partial charge in [0.05, 0.1) is 19.3 Å². The normalized spacial score (nSPS) is 15.7. The van der Waals surface area contributed by atoms with E-state index in [1.165, 1.54) is 10.4 Å². The van der Waals surface area contributed by atoms with E-state index in [4.69, 9.17) is 9.47 Å². The summed E-state index contributed by atoms with van der Waals surface area (Å²) in [6.45, 7) is 7.68. The van der Waals surface area contributed by atoms with Crippen molar-refractivity contribution >= 4 is 27.3 Å². The molecule has 0 spiro atoms. The van der Waals surface area contributed by atoms with Crippen LogP contribution in [0.2, 0.25) is 0 Å². The molecule has 1 aromatic carbocycles. The van der Waals surface area contributed by atoms with Gasteiger partial charge in [-0.2, -0.15) is 4.31 Å². The number of benzene rings is 1. The quantitative estimate of drug-likeness (QED) is 0.625. The van der Waals surface area contributed by atoms with Crippen molar-refractivity contribution in [3.05, 3.63) is 40.1 Å². The van der Waals surface area contributed by atoms with E-state index in [-0.39, 0.29) is 15.8 Å². The molecule has 9 heteroatoms. The zero-order chi connectivity index (χ0) is 21.7. The first-order valence-electron chi connectivity index (χ1n) is 10.2. The number of nitrogens with zero attached hydrogens (tertiary/aromatic N) is 1. The van der Waals surface area contributed by atoms with Gasteiger partial charge in [-0.05, 0) is 62.8 Å². The van der Waals surface area contributed by atoms with E-state index >= 15 is 0 Å². The molecule has 3 rings (SSSR count). The minimum Gasteiger partial charge on any atom is -0.490 e. The average molecular weight is 453 g/mol. The van der Waals surface area contributed by atoms with Crippen LogP contribution in [0.1, 0.15) is 54.9 Å². The fourth-order valence-electron chi connectivity index (χ4n) is 3.42. The van der Waals surface area contributed by atoms with Crippen LogP contribution < -0.4 is 14.8 Å². The molecule has 7 nitrogen and oxygen atoms in total. The van der Waals surface area contributed by atoms with Crippen LogP contribution in [0.3, 0.4) is 0 Å². The van der Waals surface area contributed by atoms with Crippen LogP contribution in [-0.2, 0) is 10.0 Å². The lowest BCUT2D eigenvalue weighted by molar-refractivity contribution is 0.0940. The number of hydrogen-bond donors (Lipinski definition) is 1. The van der Waals surface area contributed by atoms with Crippen LogP contribution >= 0.6 is 11.3 Å². The van der Waals surface area contributed by atoms with E-state index in [0.29, 0.717) is 37.8 Å². The second-order valence-electron chi connectivity index (χ2n) is 6.99. The molecule has 30 heavy (non-hydrogen) atoms. The lowest BCUT2D eigenvalue weighted by Gasteiger charge is -2.18. The number of carbonyl (C=O) groups is 1. The van der Waals surface area contributed by atoms with Crippen molar-refractivity contribution in [1.29, 1.82) is 0 Å². The van der Waals surface area contributed by atoms with E-state index < -0.39 is 15.9 Å². The van der Waals surface area contributed by atoms with Crippen LogP contribution in [-0.4, -0.2) is 44.9 Å². The highest BCUT2D eigenvalue weighted by atomic mass is 32.2. The first kappa shape index (κ1) is 22.6. The van der Waals surface area contributed by atoms with Gasteiger partial charge in [0, 0.05) is 13.1 Å². The maximum Gasteiger partial charge on any atom is 0.263 e. The predicted octanol–water partition coefficient (Wildman–Crippen LogP) is 3.82. The van der Waals surface area contributed by atoms with Gasteiger partial charge in [-0.25, -0.2) is 8.42 Å². The minimum atomic E-state index is -3.65. The number of ether oxygens (including phenoxy) is 2. The Morgan fingerprint density at radius 3 is 2.47 bits per heavy atom. The molecule has 1 amide bonds. The zero-order valence-corrected chi connectivity index (χ0v) is 19.1. The maximum atomic E-state index is 12.9. The fraction of sp³-hybridized carbons (Fsp3) is 0.476. The highest BCUT2D eigenvalue weighted by Gasteiger charge is 2.32. The predicted molar refractivity (Wildman–Crippen MR) is 117 cm³/mol. The number of hydrogen-bond acceptors (Lipinski definition) is 6. The third-order valence-corrected chi connectivity index (χ3v) is 7.92. The Morgan fingerprint density at radius 1 is 1.13 bits per heavy atom. The molecule has 1 aliphatic heterocycles. The molecule has 164 valence electrons. The minimum absolute atomic E-state index is 0.0841. The van der Waals surface area contributed by atoms with Gasteiger partial charge in [-0.1, -0.05) is 6.07 Å². The molecule has 0 aliphatic carbocycles. The smallest absolute Gasteiger partial charge is 0.263 e. The molecule has 0 radical (unpaired) electrons. The Balaban J connectivity index is 1.79. The highest BCUT2D eigenvalue weighted by molar-refractivity contribution is 7.89. The van der Waals surface area contributed by atoms with Crippen molar-refractivity contribution in [1.82, 2.24) is 9.62 Å². The summed E-state index contributed by atoms with van der Waals surface area (Å²) in [6, 6.07) is 6.71. The second-order valence-corrected chi connectivity index (χ2v) is 9.81. The van der Waals surface area contributed by atoms with Crippen LogP contribution in [0.15, 0.2) is 34.5 Å². The molecule has 1 aromatic heterocycles. The van der Waals surface area contributed by atoms with Crippen molar-refractivity contribution in [2.24, 2.45) is 0 Å². The number of amides is 1. The number of sulfonamides is 1. The summed E-state index contributed by atoms with van der Waals surface area (Å²) in [5.74, 6) is 0.868. The summed E-state index contributed by atoms with van der Waals surface area (Å²) >= 11 is 1.14. The van der Waals surface area contributed by atoms with Crippen molar-refractivity contribution in [3.8, 4) is 11.5 Å². The Bertz CT molecular complexity index is 981. The Kier molecular flexibility index (Phi) is 7.38. The van der Waals surface area contributed by atoms with Gasteiger partial charge >= 0.3 is 0 Å². The van der Waals surface area contributed by atoms with Gasteiger partial charge in [-0.15, -0.1) is 11.3 Å². The van der Waals surface area contributed by atoms with E-state index in [0.717, 1.165) is 29.7 Å². The van der Waals surface area contributed by atoms with Crippen molar-refractivity contribution in [2.45, 2.75) is 44.6 Å². The average Bonchev–Trinajstić information content (AvgIpc) is 3.42. The fourth-order valence-corrected chi connectivity index (χ4v) is 6.24. The summed E-state index contributed by atoms with van der Waals surface area (Å²) in [7, 11) is -3.65. The Morgan fingerprint density at radius 2 is 1.80 bits per heavy atom. The van der Waals surface area contributed by atoms with Gasteiger partial charge < -0.3 is 14.8 Å². The topological polar surface area (TPSA) is 84.9 Å². The molecule has 1 unspecified atom stereocenters. The Labute approximate surface area is 182 Å². The number of carbonyl (C=O) groups excluding carboxylic acids is 1. The Hall–Kier alpha value is -2.10. The lowest BCUT2D eigenvalue weighted by atomic mass is 10.1. The molecule has 0 bridgehead atoms. The van der Waals surface area contributed by atoms with Gasteiger partial charge in [0.1, 0.15) is 9.77 Å². The molecule has 1 fully saturated rings.